The molecule has 0 heterocycles. The number of hydrogen-bond acceptors (Lipinski definition) is 1. The average Bonchev–Trinajstić information content (AvgIpc) is 3.05. The van der Waals surface area contributed by atoms with Crippen LogP contribution in [-0.2, 0) is 4.79 Å². The minimum Gasteiger partial charge on any atom is -0.312 e. The standard InChI is InChI=1S/C18H23NO/c1-4-19(17-9-12(2)5-6-13(17)3)18(20)16-11-14-7-8-15(16)10-14/h5-9,14-16H,4,10-11H2,1-3H3/t14-,15-,16-/m0/s1. The van der Waals surface area contributed by atoms with Crippen LogP contribution in [0.4, 0.5) is 5.69 Å². The van der Waals surface area contributed by atoms with E-state index >= 15 is 0 Å². The van der Waals surface area contributed by atoms with Crippen molar-refractivity contribution >= 4 is 11.6 Å². The van der Waals surface area contributed by atoms with E-state index in [0.29, 0.717) is 17.7 Å². The fourth-order valence-corrected chi connectivity index (χ4v) is 3.72. The van der Waals surface area contributed by atoms with Crippen molar-refractivity contribution in [3.8, 4) is 0 Å². The minimum absolute atomic E-state index is 0.199. The number of anilines is 1. The van der Waals surface area contributed by atoms with Gasteiger partial charge < -0.3 is 4.90 Å². The van der Waals surface area contributed by atoms with Crippen molar-refractivity contribution in [1.82, 2.24) is 0 Å². The lowest BCUT2D eigenvalue weighted by Gasteiger charge is -2.28. The number of aryl methyl sites for hydroxylation is 2. The summed E-state index contributed by atoms with van der Waals surface area (Å²) in [7, 11) is 0. The molecule has 20 heavy (non-hydrogen) atoms. The van der Waals surface area contributed by atoms with Gasteiger partial charge in [-0.1, -0.05) is 24.3 Å². The second kappa shape index (κ2) is 5.08. The minimum atomic E-state index is 0.199. The highest BCUT2D eigenvalue weighted by molar-refractivity contribution is 5.96. The lowest BCUT2D eigenvalue weighted by Crippen LogP contribution is -2.38. The molecule has 2 aliphatic carbocycles. The fourth-order valence-electron chi connectivity index (χ4n) is 3.72. The van der Waals surface area contributed by atoms with Crippen molar-refractivity contribution in [1.29, 1.82) is 0 Å². The summed E-state index contributed by atoms with van der Waals surface area (Å²) in [5.41, 5.74) is 3.48. The van der Waals surface area contributed by atoms with Gasteiger partial charge in [0.2, 0.25) is 5.91 Å². The van der Waals surface area contributed by atoms with Crippen molar-refractivity contribution in [3.63, 3.8) is 0 Å². The van der Waals surface area contributed by atoms with E-state index in [4.69, 9.17) is 0 Å². The van der Waals surface area contributed by atoms with Gasteiger partial charge in [0.1, 0.15) is 0 Å². The zero-order valence-corrected chi connectivity index (χ0v) is 12.6. The van der Waals surface area contributed by atoms with E-state index in [0.717, 1.165) is 18.7 Å². The molecule has 2 nitrogen and oxygen atoms in total. The predicted molar refractivity (Wildman–Crippen MR) is 82.8 cm³/mol. The molecule has 0 spiro atoms. The summed E-state index contributed by atoms with van der Waals surface area (Å²) in [6.07, 6.45) is 6.78. The molecular weight excluding hydrogens is 246 g/mol. The van der Waals surface area contributed by atoms with Gasteiger partial charge in [-0.2, -0.15) is 0 Å². The molecule has 1 amide bonds. The van der Waals surface area contributed by atoms with Crippen LogP contribution in [0.2, 0.25) is 0 Å². The number of fused-ring (bicyclic) bond motifs is 2. The van der Waals surface area contributed by atoms with Crippen LogP contribution in [0.15, 0.2) is 30.4 Å². The van der Waals surface area contributed by atoms with Gasteiger partial charge >= 0.3 is 0 Å². The number of hydrogen-bond donors (Lipinski definition) is 0. The monoisotopic (exact) mass is 269 g/mol. The van der Waals surface area contributed by atoms with E-state index < -0.39 is 0 Å². The maximum absolute atomic E-state index is 12.9. The van der Waals surface area contributed by atoms with Crippen LogP contribution in [0.3, 0.4) is 0 Å². The smallest absolute Gasteiger partial charge is 0.230 e. The molecule has 1 saturated carbocycles. The molecule has 0 unspecified atom stereocenters. The van der Waals surface area contributed by atoms with Gasteiger partial charge in [-0.15, -0.1) is 0 Å². The Labute approximate surface area is 121 Å². The summed E-state index contributed by atoms with van der Waals surface area (Å²) >= 11 is 0. The van der Waals surface area contributed by atoms with Gasteiger partial charge in [-0.05, 0) is 62.6 Å². The molecule has 1 aromatic rings. The molecule has 0 N–H and O–H groups in total. The zero-order valence-electron chi connectivity index (χ0n) is 12.6. The maximum atomic E-state index is 12.9. The molecular formula is C18H23NO. The van der Waals surface area contributed by atoms with E-state index in [9.17, 15) is 4.79 Å². The third-order valence-corrected chi connectivity index (χ3v) is 4.83. The summed E-state index contributed by atoms with van der Waals surface area (Å²) in [4.78, 5) is 14.9. The molecule has 0 saturated heterocycles. The zero-order chi connectivity index (χ0) is 14.3. The number of carbonyl (C=O) groups excluding carboxylic acids is 1. The Kier molecular flexibility index (Phi) is 3.41. The molecule has 0 aliphatic heterocycles. The highest BCUT2D eigenvalue weighted by Crippen LogP contribution is 2.44. The summed E-state index contributed by atoms with van der Waals surface area (Å²) in [6.45, 7) is 7.00. The number of allylic oxidation sites excluding steroid dienone is 2. The van der Waals surface area contributed by atoms with Crippen LogP contribution in [0.5, 0.6) is 0 Å². The second-order valence-electron chi connectivity index (χ2n) is 6.26. The summed E-state index contributed by atoms with van der Waals surface area (Å²) in [5.74, 6) is 1.64. The van der Waals surface area contributed by atoms with Crippen molar-refractivity contribution < 1.29 is 4.79 Å². The Morgan fingerprint density at radius 2 is 2.05 bits per heavy atom. The third-order valence-electron chi connectivity index (χ3n) is 4.83. The first kappa shape index (κ1) is 13.4. The number of carbonyl (C=O) groups is 1. The quantitative estimate of drug-likeness (QED) is 0.763. The molecule has 106 valence electrons. The Morgan fingerprint density at radius 3 is 2.65 bits per heavy atom. The third kappa shape index (κ3) is 2.17. The molecule has 2 aliphatic rings. The fraction of sp³-hybridized carbons (Fsp3) is 0.500. The van der Waals surface area contributed by atoms with E-state index in [-0.39, 0.29) is 5.92 Å². The van der Waals surface area contributed by atoms with Crippen LogP contribution >= 0.6 is 0 Å². The summed E-state index contributed by atoms with van der Waals surface area (Å²) in [5, 5.41) is 0. The molecule has 0 aromatic heterocycles. The first-order valence-electron chi connectivity index (χ1n) is 7.67. The summed E-state index contributed by atoms with van der Waals surface area (Å²) < 4.78 is 0. The van der Waals surface area contributed by atoms with Crippen LogP contribution in [-0.4, -0.2) is 12.5 Å². The maximum Gasteiger partial charge on any atom is 0.230 e. The molecule has 1 aromatic carbocycles. The van der Waals surface area contributed by atoms with Gasteiger partial charge in [0.25, 0.3) is 0 Å². The Balaban J connectivity index is 1.88. The molecule has 1 fully saturated rings. The molecule has 0 radical (unpaired) electrons. The van der Waals surface area contributed by atoms with Crippen molar-refractivity contribution in [2.75, 3.05) is 11.4 Å². The number of amides is 1. The first-order chi connectivity index (χ1) is 9.60. The Morgan fingerprint density at radius 1 is 1.25 bits per heavy atom. The molecule has 3 atom stereocenters. The molecule has 2 heteroatoms. The van der Waals surface area contributed by atoms with Gasteiger partial charge in [-0.3, -0.25) is 4.79 Å². The van der Waals surface area contributed by atoms with E-state index in [1.54, 1.807) is 0 Å². The lowest BCUT2D eigenvalue weighted by molar-refractivity contribution is -0.123. The van der Waals surface area contributed by atoms with Crippen LogP contribution in [0, 0.1) is 31.6 Å². The number of nitrogens with zero attached hydrogens (tertiary/aromatic N) is 1. The van der Waals surface area contributed by atoms with Crippen LogP contribution < -0.4 is 4.90 Å². The van der Waals surface area contributed by atoms with Gasteiger partial charge in [-0.25, -0.2) is 0 Å². The van der Waals surface area contributed by atoms with E-state index in [2.05, 4.69) is 51.1 Å². The number of benzene rings is 1. The van der Waals surface area contributed by atoms with E-state index in [1.807, 2.05) is 4.90 Å². The second-order valence-corrected chi connectivity index (χ2v) is 6.26. The van der Waals surface area contributed by atoms with E-state index in [1.165, 1.54) is 17.5 Å². The Bertz CT molecular complexity index is 561. The summed E-state index contributed by atoms with van der Waals surface area (Å²) in [6, 6.07) is 6.36. The van der Waals surface area contributed by atoms with Crippen LogP contribution in [0.1, 0.15) is 30.9 Å². The lowest BCUT2D eigenvalue weighted by atomic mass is 9.91. The topological polar surface area (TPSA) is 20.3 Å². The van der Waals surface area contributed by atoms with Crippen molar-refractivity contribution in [2.45, 2.75) is 33.6 Å². The Hall–Kier alpha value is -1.57. The largest absolute Gasteiger partial charge is 0.312 e. The first-order valence-corrected chi connectivity index (χ1v) is 7.67. The molecule has 2 bridgehead atoms. The highest BCUT2D eigenvalue weighted by atomic mass is 16.2. The van der Waals surface area contributed by atoms with Gasteiger partial charge in [0.15, 0.2) is 0 Å². The highest BCUT2D eigenvalue weighted by Gasteiger charge is 2.41. The van der Waals surface area contributed by atoms with Crippen LogP contribution in [0.25, 0.3) is 0 Å². The predicted octanol–water partition coefficient (Wildman–Crippen LogP) is 3.87. The van der Waals surface area contributed by atoms with Gasteiger partial charge in [0.05, 0.1) is 0 Å². The van der Waals surface area contributed by atoms with Gasteiger partial charge in [0, 0.05) is 18.2 Å². The molecule has 3 rings (SSSR count). The van der Waals surface area contributed by atoms with Crippen molar-refractivity contribution in [3.05, 3.63) is 41.5 Å². The normalized spacial score (nSPS) is 27.1. The van der Waals surface area contributed by atoms with Crippen molar-refractivity contribution in [2.24, 2.45) is 17.8 Å². The average molecular weight is 269 g/mol. The SMILES string of the molecule is CCN(C(=O)[C@H]1C[C@H]2C=C[C@H]1C2)c1cc(C)ccc1C. The number of rotatable bonds is 3.